The van der Waals surface area contributed by atoms with Crippen molar-refractivity contribution < 1.29 is 10.0 Å². The van der Waals surface area contributed by atoms with Gasteiger partial charge in [0.15, 0.2) is 5.84 Å². The van der Waals surface area contributed by atoms with Crippen molar-refractivity contribution in [2.45, 2.75) is 0 Å². The second-order valence-corrected chi connectivity index (χ2v) is 3.77. The minimum Gasteiger partial charge on any atom is -0.409 e. The Labute approximate surface area is 99.9 Å². The summed E-state index contributed by atoms with van der Waals surface area (Å²) in [5.74, 6) is 0.0116. The lowest BCUT2D eigenvalue weighted by atomic mass is 10.2. The maximum absolute atomic E-state index is 11.7. The van der Waals surface area contributed by atoms with Gasteiger partial charge in [-0.05, 0) is 12.1 Å². The minimum atomic E-state index is -0.151. The number of amidine groups is 1. The molecule has 6 heteroatoms. The maximum Gasteiger partial charge on any atom is 0.323 e. The minimum absolute atomic E-state index is 0.0116. The molecule has 0 aromatic heterocycles. The number of oxime groups is 1. The largest absolute Gasteiger partial charge is 0.409 e. The zero-order chi connectivity index (χ0) is 13.0. The van der Waals surface area contributed by atoms with E-state index in [0.717, 1.165) is 0 Å². The van der Waals surface area contributed by atoms with E-state index in [2.05, 4.69) is 5.16 Å². The van der Waals surface area contributed by atoms with Crippen LogP contribution in [0.1, 0.15) is 5.56 Å². The Kier molecular flexibility index (Phi) is 3.92. The Hall–Kier alpha value is -2.24. The van der Waals surface area contributed by atoms with Crippen molar-refractivity contribution in [3.63, 3.8) is 0 Å². The molecule has 0 aliphatic rings. The summed E-state index contributed by atoms with van der Waals surface area (Å²) in [5.41, 5.74) is 6.72. The van der Waals surface area contributed by atoms with Crippen LogP contribution in [0.25, 0.3) is 0 Å². The van der Waals surface area contributed by atoms with E-state index in [-0.39, 0.29) is 11.9 Å². The number of anilines is 1. The first-order valence-electron chi connectivity index (χ1n) is 5.00. The van der Waals surface area contributed by atoms with Crippen molar-refractivity contribution in [2.24, 2.45) is 10.9 Å². The lowest BCUT2D eigenvalue weighted by Crippen LogP contribution is -2.36. The molecule has 17 heavy (non-hydrogen) atoms. The van der Waals surface area contributed by atoms with Gasteiger partial charge in [0.05, 0.1) is 0 Å². The van der Waals surface area contributed by atoms with E-state index < -0.39 is 0 Å². The van der Waals surface area contributed by atoms with Crippen molar-refractivity contribution in [1.29, 1.82) is 0 Å². The number of hydrogen-bond donors (Lipinski definition) is 2. The predicted octanol–water partition coefficient (Wildman–Crippen LogP) is 0.899. The molecular formula is C11H16N4O2. The number of rotatable bonds is 2. The van der Waals surface area contributed by atoms with Gasteiger partial charge in [0.2, 0.25) is 0 Å². The number of carbonyl (C=O) groups is 1. The number of nitrogens with zero attached hydrogens (tertiary/aromatic N) is 3. The van der Waals surface area contributed by atoms with Gasteiger partial charge in [-0.3, -0.25) is 4.90 Å². The Bertz CT molecular complexity index is 443. The summed E-state index contributed by atoms with van der Waals surface area (Å²) in [6.45, 7) is 0. The molecule has 3 N–H and O–H groups in total. The highest BCUT2D eigenvalue weighted by Gasteiger charge is 2.13. The lowest BCUT2D eigenvalue weighted by molar-refractivity contribution is 0.225. The van der Waals surface area contributed by atoms with E-state index >= 15 is 0 Å². The normalized spacial score (nSPS) is 11.1. The number of benzene rings is 1. The molecule has 92 valence electrons. The fourth-order valence-corrected chi connectivity index (χ4v) is 1.34. The van der Waals surface area contributed by atoms with E-state index in [4.69, 9.17) is 10.9 Å². The van der Waals surface area contributed by atoms with Gasteiger partial charge in [0, 0.05) is 32.4 Å². The summed E-state index contributed by atoms with van der Waals surface area (Å²) in [6, 6.07) is 6.74. The van der Waals surface area contributed by atoms with Crippen molar-refractivity contribution >= 4 is 17.6 Å². The molecule has 0 unspecified atom stereocenters. The van der Waals surface area contributed by atoms with Crippen LogP contribution in [0.15, 0.2) is 29.4 Å². The van der Waals surface area contributed by atoms with Crippen molar-refractivity contribution in [2.75, 3.05) is 26.0 Å². The molecule has 0 saturated heterocycles. The standard InChI is InChI=1S/C11H16N4O2/c1-14(2)11(16)15(3)9-6-4-5-8(7-9)10(12)13-17/h4-7,17H,1-3H3,(H2,12,13). The number of carbonyl (C=O) groups excluding carboxylic acids is 1. The van der Waals surface area contributed by atoms with Crippen LogP contribution < -0.4 is 10.6 Å². The third-order valence-corrected chi connectivity index (χ3v) is 2.31. The summed E-state index contributed by atoms with van der Waals surface area (Å²) in [7, 11) is 5.01. The number of amides is 2. The van der Waals surface area contributed by atoms with Crippen molar-refractivity contribution in [3.05, 3.63) is 29.8 Å². The van der Waals surface area contributed by atoms with Crippen LogP contribution in [0.4, 0.5) is 10.5 Å². The second kappa shape index (κ2) is 5.20. The first-order valence-corrected chi connectivity index (χ1v) is 5.00. The molecule has 0 bridgehead atoms. The zero-order valence-electron chi connectivity index (χ0n) is 10.1. The van der Waals surface area contributed by atoms with Crippen LogP contribution >= 0.6 is 0 Å². The van der Waals surface area contributed by atoms with Gasteiger partial charge >= 0.3 is 6.03 Å². The molecule has 1 aromatic rings. The van der Waals surface area contributed by atoms with Gasteiger partial charge in [0.1, 0.15) is 0 Å². The number of nitrogens with two attached hydrogens (primary N) is 1. The van der Waals surface area contributed by atoms with Gasteiger partial charge in [-0.15, -0.1) is 0 Å². The fraction of sp³-hybridized carbons (Fsp3) is 0.273. The van der Waals surface area contributed by atoms with Crippen molar-refractivity contribution in [1.82, 2.24) is 4.90 Å². The molecule has 1 rings (SSSR count). The predicted molar refractivity (Wildman–Crippen MR) is 66.4 cm³/mol. The molecule has 0 aliphatic carbocycles. The summed E-state index contributed by atoms with van der Waals surface area (Å²) >= 11 is 0. The maximum atomic E-state index is 11.7. The zero-order valence-corrected chi connectivity index (χ0v) is 10.1. The van der Waals surface area contributed by atoms with Crippen LogP contribution in [0.5, 0.6) is 0 Å². The third-order valence-electron chi connectivity index (χ3n) is 2.31. The third kappa shape index (κ3) is 2.87. The van der Waals surface area contributed by atoms with E-state index in [1.807, 2.05) is 0 Å². The smallest absolute Gasteiger partial charge is 0.323 e. The van der Waals surface area contributed by atoms with Crippen molar-refractivity contribution in [3.8, 4) is 0 Å². The second-order valence-electron chi connectivity index (χ2n) is 3.77. The monoisotopic (exact) mass is 236 g/mol. The van der Waals surface area contributed by atoms with Gasteiger partial charge in [0.25, 0.3) is 0 Å². The summed E-state index contributed by atoms with van der Waals surface area (Å²) < 4.78 is 0. The highest BCUT2D eigenvalue weighted by atomic mass is 16.4. The molecule has 0 radical (unpaired) electrons. The highest BCUT2D eigenvalue weighted by Crippen LogP contribution is 2.15. The molecule has 0 spiro atoms. The Morgan fingerprint density at radius 2 is 2.00 bits per heavy atom. The topological polar surface area (TPSA) is 82.2 Å². The van der Waals surface area contributed by atoms with Crippen LogP contribution in [0.2, 0.25) is 0 Å². The van der Waals surface area contributed by atoms with Crippen LogP contribution in [-0.4, -0.2) is 43.1 Å². The average molecular weight is 236 g/mol. The molecule has 2 amide bonds. The van der Waals surface area contributed by atoms with E-state index in [1.165, 1.54) is 9.80 Å². The Balaban J connectivity index is 3.04. The molecule has 0 heterocycles. The summed E-state index contributed by atoms with van der Waals surface area (Å²) in [6.07, 6.45) is 0. The van der Waals surface area contributed by atoms with E-state index in [1.54, 1.807) is 45.4 Å². The first-order chi connectivity index (χ1) is 7.97. The highest BCUT2D eigenvalue weighted by molar-refractivity contribution is 5.99. The first kappa shape index (κ1) is 12.8. The Morgan fingerprint density at radius 3 is 2.53 bits per heavy atom. The molecule has 6 nitrogen and oxygen atoms in total. The average Bonchev–Trinajstić information content (AvgIpc) is 2.36. The molecule has 0 fully saturated rings. The van der Waals surface area contributed by atoms with Crippen LogP contribution in [0.3, 0.4) is 0 Å². The van der Waals surface area contributed by atoms with Gasteiger partial charge in [-0.2, -0.15) is 0 Å². The number of hydrogen-bond acceptors (Lipinski definition) is 3. The molecule has 1 aromatic carbocycles. The number of urea groups is 1. The molecular weight excluding hydrogens is 220 g/mol. The molecule has 0 saturated carbocycles. The van der Waals surface area contributed by atoms with Gasteiger partial charge in [-0.1, -0.05) is 17.3 Å². The SMILES string of the molecule is CN(C)C(=O)N(C)c1cccc(C(N)=NO)c1. The van der Waals surface area contributed by atoms with Crippen LogP contribution in [-0.2, 0) is 0 Å². The summed E-state index contributed by atoms with van der Waals surface area (Å²) in [4.78, 5) is 14.7. The van der Waals surface area contributed by atoms with Gasteiger partial charge < -0.3 is 15.8 Å². The van der Waals surface area contributed by atoms with Crippen LogP contribution in [0, 0.1) is 0 Å². The molecule has 0 atom stereocenters. The van der Waals surface area contributed by atoms with E-state index in [9.17, 15) is 4.79 Å². The fourth-order valence-electron chi connectivity index (χ4n) is 1.34. The molecule has 0 aliphatic heterocycles. The Morgan fingerprint density at radius 1 is 1.35 bits per heavy atom. The van der Waals surface area contributed by atoms with Gasteiger partial charge in [-0.25, -0.2) is 4.79 Å². The summed E-state index contributed by atoms with van der Waals surface area (Å²) in [5, 5.41) is 11.5. The quantitative estimate of drug-likeness (QED) is 0.346. The van der Waals surface area contributed by atoms with E-state index in [0.29, 0.717) is 11.3 Å². The lowest BCUT2D eigenvalue weighted by Gasteiger charge is -2.22.